The van der Waals surface area contributed by atoms with Crippen molar-refractivity contribution in [2.24, 2.45) is 5.41 Å². The minimum Gasteiger partial charge on any atom is -0.384 e. The Bertz CT molecular complexity index is 577. The Hall–Kier alpha value is -1.99. The van der Waals surface area contributed by atoms with Crippen LogP contribution in [0, 0.1) is 22.5 Å². The van der Waals surface area contributed by atoms with E-state index in [1.165, 1.54) is 6.07 Å². The molecule has 1 fully saturated rings. The van der Waals surface area contributed by atoms with Crippen molar-refractivity contribution in [3.8, 4) is 0 Å². The second-order valence-corrected chi connectivity index (χ2v) is 6.14. The summed E-state index contributed by atoms with van der Waals surface area (Å²) < 4.78 is 5.32. The topological polar surface area (TPSA) is 93.5 Å². The summed E-state index contributed by atoms with van der Waals surface area (Å²) >= 11 is 0. The minimum atomic E-state index is -0.524. The molecule has 0 bridgehead atoms. The van der Waals surface area contributed by atoms with Crippen molar-refractivity contribution in [2.75, 3.05) is 33.4 Å². The molecular formula is C16H23N3O4. The molecule has 0 radical (unpaired) electrons. The third-order valence-corrected chi connectivity index (χ3v) is 4.33. The van der Waals surface area contributed by atoms with Gasteiger partial charge in [-0.2, -0.15) is 0 Å². The van der Waals surface area contributed by atoms with E-state index < -0.39 is 10.8 Å². The standard InChI is InChI=1S/C16H23N3O4/c1-12-3-4-14(19(21)22)13(9-12)15(20)18-10-16(11-23-2)5-7-17-8-6-16/h3-4,9,17H,5-8,10-11H2,1-2H3,(H,18,20). The summed E-state index contributed by atoms with van der Waals surface area (Å²) in [5.74, 6) is -0.408. The number of piperidine rings is 1. The van der Waals surface area contributed by atoms with Crippen molar-refractivity contribution in [1.82, 2.24) is 10.6 Å². The number of nitro benzene ring substituents is 1. The van der Waals surface area contributed by atoms with Crippen molar-refractivity contribution < 1.29 is 14.5 Å². The predicted molar refractivity (Wildman–Crippen MR) is 86.6 cm³/mol. The molecule has 1 aromatic rings. The van der Waals surface area contributed by atoms with Crippen LogP contribution in [0.1, 0.15) is 28.8 Å². The summed E-state index contributed by atoms with van der Waals surface area (Å²) in [5, 5.41) is 17.3. The third-order valence-electron chi connectivity index (χ3n) is 4.33. The van der Waals surface area contributed by atoms with E-state index in [1.54, 1.807) is 26.2 Å². The van der Waals surface area contributed by atoms with Gasteiger partial charge in [-0.3, -0.25) is 14.9 Å². The second-order valence-electron chi connectivity index (χ2n) is 6.14. The molecule has 1 heterocycles. The van der Waals surface area contributed by atoms with Crippen LogP contribution in [0.5, 0.6) is 0 Å². The van der Waals surface area contributed by atoms with Gasteiger partial charge in [-0.15, -0.1) is 0 Å². The van der Waals surface area contributed by atoms with Gasteiger partial charge in [-0.1, -0.05) is 6.07 Å². The van der Waals surface area contributed by atoms with Crippen LogP contribution >= 0.6 is 0 Å². The van der Waals surface area contributed by atoms with Crippen LogP contribution in [0.2, 0.25) is 0 Å². The fourth-order valence-electron chi connectivity index (χ4n) is 2.99. The monoisotopic (exact) mass is 321 g/mol. The summed E-state index contributed by atoms with van der Waals surface area (Å²) in [6.07, 6.45) is 1.80. The number of nitrogens with zero attached hydrogens (tertiary/aromatic N) is 1. The first-order chi connectivity index (χ1) is 11.0. The van der Waals surface area contributed by atoms with Crippen LogP contribution < -0.4 is 10.6 Å². The molecule has 0 saturated carbocycles. The fourth-order valence-corrected chi connectivity index (χ4v) is 2.99. The van der Waals surface area contributed by atoms with Crippen molar-refractivity contribution in [1.29, 1.82) is 0 Å². The molecule has 7 heteroatoms. The number of aryl methyl sites for hydroxylation is 1. The number of hydrogen-bond donors (Lipinski definition) is 2. The molecule has 0 aromatic heterocycles. The number of carbonyl (C=O) groups excluding carboxylic acids is 1. The minimum absolute atomic E-state index is 0.108. The van der Waals surface area contributed by atoms with Gasteiger partial charge in [0.2, 0.25) is 0 Å². The average molecular weight is 321 g/mol. The van der Waals surface area contributed by atoms with Crippen molar-refractivity contribution in [2.45, 2.75) is 19.8 Å². The van der Waals surface area contributed by atoms with E-state index in [9.17, 15) is 14.9 Å². The van der Waals surface area contributed by atoms with Gasteiger partial charge < -0.3 is 15.4 Å². The van der Waals surface area contributed by atoms with Gasteiger partial charge in [0.1, 0.15) is 5.56 Å². The normalized spacial score (nSPS) is 16.8. The molecule has 1 amide bonds. The van der Waals surface area contributed by atoms with Crippen LogP contribution in [0.4, 0.5) is 5.69 Å². The first-order valence-electron chi connectivity index (χ1n) is 7.70. The van der Waals surface area contributed by atoms with E-state index >= 15 is 0 Å². The SMILES string of the molecule is COCC1(CNC(=O)c2cc(C)ccc2[N+](=O)[O-])CCNCC1. The smallest absolute Gasteiger partial charge is 0.282 e. The lowest BCUT2D eigenvalue weighted by molar-refractivity contribution is -0.385. The maximum Gasteiger partial charge on any atom is 0.282 e. The maximum absolute atomic E-state index is 12.4. The summed E-state index contributed by atoms with van der Waals surface area (Å²) in [7, 11) is 1.65. The molecule has 1 aromatic carbocycles. The zero-order chi connectivity index (χ0) is 16.9. The number of rotatable bonds is 6. The second kappa shape index (κ2) is 7.52. The molecule has 7 nitrogen and oxygen atoms in total. The lowest BCUT2D eigenvalue weighted by atomic mass is 9.79. The van der Waals surface area contributed by atoms with E-state index in [2.05, 4.69) is 10.6 Å². The first-order valence-corrected chi connectivity index (χ1v) is 7.70. The largest absolute Gasteiger partial charge is 0.384 e. The lowest BCUT2D eigenvalue weighted by Crippen LogP contribution is -2.47. The summed E-state index contributed by atoms with van der Waals surface area (Å²) in [6, 6.07) is 4.56. The molecule has 0 spiro atoms. The van der Waals surface area contributed by atoms with E-state index in [1.807, 2.05) is 0 Å². The van der Waals surface area contributed by atoms with Gasteiger partial charge in [0, 0.05) is 25.1 Å². The maximum atomic E-state index is 12.4. The Labute approximate surface area is 135 Å². The summed E-state index contributed by atoms with van der Waals surface area (Å²) in [4.78, 5) is 23.0. The Kier molecular flexibility index (Phi) is 5.68. The Morgan fingerprint density at radius 2 is 2.13 bits per heavy atom. The van der Waals surface area contributed by atoms with Crippen molar-refractivity contribution in [3.05, 3.63) is 39.4 Å². The summed E-state index contributed by atoms with van der Waals surface area (Å²) in [6.45, 7) is 4.57. The Morgan fingerprint density at radius 3 is 2.74 bits per heavy atom. The highest BCUT2D eigenvalue weighted by Crippen LogP contribution is 2.28. The number of methoxy groups -OCH3 is 1. The molecule has 23 heavy (non-hydrogen) atoms. The molecule has 1 saturated heterocycles. The number of hydrogen-bond acceptors (Lipinski definition) is 5. The molecule has 0 atom stereocenters. The zero-order valence-corrected chi connectivity index (χ0v) is 13.6. The van der Waals surface area contributed by atoms with Crippen LogP contribution in [-0.2, 0) is 4.74 Å². The number of amides is 1. The Morgan fingerprint density at radius 1 is 1.43 bits per heavy atom. The average Bonchev–Trinajstić information content (AvgIpc) is 2.53. The lowest BCUT2D eigenvalue weighted by Gasteiger charge is -2.37. The predicted octanol–water partition coefficient (Wildman–Crippen LogP) is 1.65. The number of nitro groups is 1. The van der Waals surface area contributed by atoms with Gasteiger partial charge in [-0.05, 0) is 44.5 Å². The molecule has 1 aliphatic rings. The van der Waals surface area contributed by atoms with Crippen LogP contribution in [0.15, 0.2) is 18.2 Å². The first kappa shape index (κ1) is 17.4. The molecule has 2 N–H and O–H groups in total. The molecule has 2 rings (SSSR count). The number of carbonyl (C=O) groups is 1. The van der Waals surface area contributed by atoms with Gasteiger partial charge in [0.05, 0.1) is 11.5 Å². The van der Waals surface area contributed by atoms with E-state index in [0.717, 1.165) is 31.5 Å². The molecule has 0 aliphatic carbocycles. The molecular weight excluding hydrogens is 298 g/mol. The van der Waals surface area contributed by atoms with Gasteiger partial charge in [0.25, 0.3) is 11.6 Å². The van der Waals surface area contributed by atoms with Gasteiger partial charge in [-0.25, -0.2) is 0 Å². The van der Waals surface area contributed by atoms with E-state index in [-0.39, 0.29) is 16.7 Å². The third kappa shape index (κ3) is 4.27. The summed E-state index contributed by atoms with van der Waals surface area (Å²) in [5.41, 5.74) is 0.638. The van der Waals surface area contributed by atoms with Crippen LogP contribution in [-0.4, -0.2) is 44.2 Å². The fraction of sp³-hybridized carbons (Fsp3) is 0.562. The Balaban J connectivity index is 2.12. The van der Waals surface area contributed by atoms with Crippen molar-refractivity contribution in [3.63, 3.8) is 0 Å². The van der Waals surface area contributed by atoms with E-state index in [4.69, 9.17) is 4.74 Å². The highest BCUT2D eigenvalue weighted by atomic mass is 16.6. The highest BCUT2D eigenvalue weighted by Gasteiger charge is 2.33. The molecule has 0 unspecified atom stereocenters. The van der Waals surface area contributed by atoms with Gasteiger partial charge >= 0.3 is 0 Å². The number of ether oxygens (including phenoxy) is 1. The quantitative estimate of drug-likeness (QED) is 0.614. The van der Waals surface area contributed by atoms with Crippen LogP contribution in [0.25, 0.3) is 0 Å². The molecule has 1 aliphatic heterocycles. The van der Waals surface area contributed by atoms with Crippen molar-refractivity contribution >= 4 is 11.6 Å². The highest BCUT2D eigenvalue weighted by molar-refractivity contribution is 5.98. The zero-order valence-electron chi connectivity index (χ0n) is 13.6. The number of nitrogens with one attached hydrogen (secondary N) is 2. The van der Waals surface area contributed by atoms with Crippen LogP contribution in [0.3, 0.4) is 0 Å². The van der Waals surface area contributed by atoms with E-state index in [0.29, 0.717) is 13.2 Å². The molecule has 126 valence electrons. The number of benzene rings is 1. The van der Waals surface area contributed by atoms with Gasteiger partial charge in [0.15, 0.2) is 0 Å².